The first-order valence-corrected chi connectivity index (χ1v) is 12.7. The number of carbonyl (C=O) groups is 1. The van der Waals surface area contributed by atoms with Crippen molar-refractivity contribution >= 4 is 13.6 Å². The largest absolute Gasteiger partial charge is 0.470 e. The molecule has 5 nitrogen and oxygen atoms in total. The average Bonchev–Trinajstić information content (AvgIpc) is 2.91. The van der Waals surface area contributed by atoms with Crippen LogP contribution in [0.4, 0.5) is 0 Å². The molecule has 8 atom stereocenters. The molecule has 4 aliphatic carbocycles. The van der Waals surface area contributed by atoms with Crippen molar-refractivity contribution in [2.75, 3.05) is 0 Å². The van der Waals surface area contributed by atoms with Crippen molar-refractivity contribution in [3.8, 4) is 0 Å². The van der Waals surface area contributed by atoms with Crippen molar-refractivity contribution in [1.29, 1.82) is 0 Å². The third kappa shape index (κ3) is 3.25. The Morgan fingerprint density at radius 2 is 1.61 bits per heavy atom. The summed E-state index contributed by atoms with van der Waals surface area (Å²) in [5, 5.41) is 0. The number of fused-ring (bicyclic) bond motifs is 5. The molecule has 4 aliphatic rings. The van der Waals surface area contributed by atoms with E-state index in [1.165, 1.54) is 19.3 Å². The molecule has 6 heteroatoms. The van der Waals surface area contributed by atoms with Gasteiger partial charge >= 0.3 is 7.82 Å². The molecular weight excluding hydrogens is 375 g/mol. The normalized spacial score (nSPS) is 51.1. The van der Waals surface area contributed by atoms with Gasteiger partial charge in [0.05, 0.1) is 5.60 Å². The fraction of sp³-hybridized carbons (Fsp3) is 0.955. The van der Waals surface area contributed by atoms with Crippen LogP contribution in [0.1, 0.15) is 85.5 Å². The molecule has 0 saturated heterocycles. The Morgan fingerprint density at radius 1 is 0.929 bits per heavy atom. The Hall–Kier alpha value is -0.220. The number of carbonyl (C=O) groups excluding carboxylic acids is 1. The highest BCUT2D eigenvalue weighted by Gasteiger charge is 2.61. The van der Waals surface area contributed by atoms with Gasteiger partial charge in [0.1, 0.15) is 5.78 Å². The van der Waals surface area contributed by atoms with E-state index in [0.29, 0.717) is 35.9 Å². The Bertz CT molecular complexity index is 703. The van der Waals surface area contributed by atoms with Gasteiger partial charge in [0.25, 0.3) is 0 Å². The molecule has 0 spiro atoms. The summed E-state index contributed by atoms with van der Waals surface area (Å²) in [4.78, 5) is 31.0. The summed E-state index contributed by atoms with van der Waals surface area (Å²) in [6.45, 7) is 8.48. The molecule has 0 unspecified atom stereocenters. The summed E-state index contributed by atoms with van der Waals surface area (Å²) < 4.78 is 16.7. The smallest absolute Gasteiger partial charge is 0.303 e. The summed E-state index contributed by atoms with van der Waals surface area (Å²) >= 11 is 0. The third-order valence-electron chi connectivity index (χ3n) is 9.77. The first-order valence-electron chi connectivity index (χ1n) is 11.1. The monoisotopic (exact) mass is 412 g/mol. The van der Waals surface area contributed by atoms with Crippen molar-refractivity contribution < 1.29 is 23.7 Å². The molecular formula is C22H37O5P. The van der Waals surface area contributed by atoms with E-state index in [1.54, 1.807) is 6.92 Å². The van der Waals surface area contributed by atoms with Gasteiger partial charge in [-0.05, 0) is 106 Å². The Balaban J connectivity index is 1.55. The van der Waals surface area contributed by atoms with Crippen LogP contribution < -0.4 is 0 Å². The van der Waals surface area contributed by atoms with E-state index in [-0.39, 0.29) is 16.7 Å². The molecule has 28 heavy (non-hydrogen) atoms. The van der Waals surface area contributed by atoms with E-state index < -0.39 is 13.4 Å². The van der Waals surface area contributed by atoms with E-state index in [2.05, 4.69) is 13.8 Å². The van der Waals surface area contributed by atoms with E-state index in [9.17, 15) is 19.1 Å². The quantitative estimate of drug-likeness (QED) is 0.630. The van der Waals surface area contributed by atoms with Gasteiger partial charge < -0.3 is 9.79 Å². The average molecular weight is 413 g/mol. The van der Waals surface area contributed by atoms with Crippen LogP contribution in [0.3, 0.4) is 0 Å². The summed E-state index contributed by atoms with van der Waals surface area (Å²) in [6, 6.07) is 0. The van der Waals surface area contributed by atoms with E-state index >= 15 is 0 Å². The number of hydrogen-bond donors (Lipinski definition) is 2. The van der Waals surface area contributed by atoms with Crippen LogP contribution in [-0.2, 0) is 13.9 Å². The number of phosphoric ester groups is 1. The zero-order valence-corrected chi connectivity index (χ0v) is 18.7. The number of ketones is 1. The van der Waals surface area contributed by atoms with Gasteiger partial charge in [0.2, 0.25) is 0 Å². The molecule has 0 radical (unpaired) electrons. The van der Waals surface area contributed by atoms with Crippen LogP contribution in [0.25, 0.3) is 0 Å². The fourth-order valence-electron chi connectivity index (χ4n) is 8.45. The molecule has 0 aromatic rings. The van der Waals surface area contributed by atoms with Crippen molar-refractivity contribution in [2.45, 2.75) is 91.1 Å². The van der Waals surface area contributed by atoms with Gasteiger partial charge in [-0.1, -0.05) is 13.8 Å². The standard InChI is InChI=1S/C22H37O5P/c1-14(23)17-7-8-18-16-6-5-15-13-20(2,27-28(24,25)26)11-12-21(15,3)19(16)9-10-22(17,18)4/h15-19H,5-13H2,1-4H3,(H2,24,25,26)/t15-,16-,17+,18-,19-,20+,21-,22+/m0/s1. The highest BCUT2D eigenvalue weighted by Crippen LogP contribution is 2.68. The first kappa shape index (κ1) is 21.0. The van der Waals surface area contributed by atoms with E-state index in [1.807, 2.05) is 6.92 Å². The van der Waals surface area contributed by atoms with Crippen molar-refractivity contribution in [3.05, 3.63) is 0 Å². The predicted molar refractivity (Wildman–Crippen MR) is 107 cm³/mol. The van der Waals surface area contributed by atoms with Gasteiger partial charge in [-0.2, -0.15) is 0 Å². The Labute approximate surface area is 169 Å². The van der Waals surface area contributed by atoms with Gasteiger partial charge in [0.15, 0.2) is 0 Å². The molecule has 0 amide bonds. The molecule has 0 aromatic carbocycles. The fourth-order valence-corrected chi connectivity index (χ4v) is 9.19. The van der Waals surface area contributed by atoms with Crippen molar-refractivity contribution in [2.24, 2.45) is 40.4 Å². The molecule has 0 heterocycles. The first-order chi connectivity index (χ1) is 12.9. The minimum Gasteiger partial charge on any atom is -0.303 e. The van der Waals surface area contributed by atoms with Gasteiger partial charge in [-0.15, -0.1) is 0 Å². The van der Waals surface area contributed by atoms with Crippen LogP contribution in [0.15, 0.2) is 0 Å². The van der Waals surface area contributed by atoms with Gasteiger partial charge in [-0.25, -0.2) is 4.57 Å². The zero-order valence-electron chi connectivity index (χ0n) is 17.8. The number of Topliss-reactive ketones (excluding diaryl/α,β-unsaturated/α-hetero) is 1. The van der Waals surface area contributed by atoms with Crippen LogP contribution in [0.2, 0.25) is 0 Å². The van der Waals surface area contributed by atoms with E-state index in [4.69, 9.17) is 4.52 Å². The van der Waals surface area contributed by atoms with Crippen LogP contribution in [0, 0.1) is 40.4 Å². The molecule has 160 valence electrons. The molecule has 0 aromatic heterocycles. The Morgan fingerprint density at radius 3 is 2.25 bits per heavy atom. The summed E-state index contributed by atoms with van der Waals surface area (Å²) in [7, 11) is -4.47. The minimum absolute atomic E-state index is 0.183. The molecule has 2 N–H and O–H groups in total. The second-order valence-electron chi connectivity index (χ2n) is 11.2. The Kier molecular flexibility index (Phi) is 4.99. The lowest BCUT2D eigenvalue weighted by molar-refractivity contribution is -0.148. The maximum Gasteiger partial charge on any atom is 0.470 e. The van der Waals surface area contributed by atoms with Crippen LogP contribution in [0.5, 0.6) is 0 Å². The lowest BCUT2D eigenvalue weighted by Gasteiger charge is -2.62. The molecule has 0 bridgehead atoms. The highest BCUT2D eigenvalue weighted by molar-refractivity contribution is 7.46. The SMILES string of the molecule is CC(=O)[C@H]1CC[C@H]2[C@@H]3CC[C@H]4C[C@](C)(OP(=O)(O)O)CC[C@]4(C)[C@H]3CC[C@]12C. The van der Waals surface area contributed by atoms with Gasteiger partial charge in [0, 0.05) is 5.92 Å². The number of hydrogen-bond acceptors (Lipinski definition) is 3. The minimum atomic E-state index is -4.47. The summed E-state index contributed by atoms with van der Waals surface area (Å²) in [6.07, 6.45) is 9.37. The third-order valence-corrected chi connectivity index (χ3v) is 10.4. The van der Waals surface area contributed by atoms with Crippen molar-refractivity contribution in [1.82, 2.24) is 0 Å². The highest BCUT2D eigenvalue weighted by atomic mass is 31.2. The zero-order chi connectivity index (χ0) is 20.5. The number of phosphoric acid groups is 1. The van der Waals surface area contributed by atoms with Crippen LogP contribution in [-0.4, -0.2) is 21.2 Å². The van der Waals surface area contributed by atoms with Gasteiger partial charge in [-0.3, -0.25) is 9.32 Å². The molecule has 4 saturated carbocycles. The molecule has 4 fully saturated rings. The maximum absolute atomic E-state index is 12.3. The second kappa shape index (κ2) is 6.64. The molecule has 0 aliphatic heterocycles. The second-order valence-corrected chi connectivity index (χ2v) is 12.3. The molecule has 4 rings (SSSR count). The lowest BCUT2D eigenvalue weighted by atomic mass is 9.44. The summed E-state index contributed by atoms with van der Waals surface area (Å²) in [5.74, 6) is 3.14. The summed E-state index contributed by atoms with van der Waals surface area (Å²) in [5.41, 5.74) is -0.300. The lowest BCUT2D eigenvalue weighted by Crippen LogP contribution is -2.55. The maximum atomic E-state index is 12.3. The van der Waals surface area contributed by atoms with E-state index in [0.717, 1.165) is 32.1 Å². The van der Waals surface area contributed by atoms with Crippen molar-refractivity contribution in [3.63, 3.8) is 0 Å². The van der Waals surface area contributed by atoms with Crippen LogP contribution >= 0.6 is 7.82 Å². The number of rotatable bonds is 3. The predicted octanol–water partition coefficient (Wildman–Crippen LogP) is 5.10. The topological polar surface area (TPSA) is 83.8 Å².